The number of alkyl halides is 3. The number of hydrogen-bond acceptors (Lipinski definition) is 5. The summed E-state index contributed by atoms with van der Waals surface area (Å²) < 4.78 is 42.4. The molecule has 4 aromatic carbocycles. The number of carboxylic acids is 1. The zero-order valence-corrected chi connectivity index (χ0v) is 28.4. The molecule has 0 fully saturated rings. The lowest BCUT2D eigenvalue weighted by Gasteiger charge is -2.28. The van der Waals surface area contributed by atoms with E-state index in [1.165, 1.54) is 41.0 Å². The molecular weight excluding hydrogens is 633 g/mol. The number of carbonyl (C=O) groups is 3. The molecule has 49 heavy (non-hydrogen) atoms. The Hall–Kier alpha value is -4.96. The second-order valence-corrected chi connectivity index (χ2v) is 11.9. The first kappa shape index (κ1) is 38.5. The molecule has 260 valence electrons. The standard InChI is InChI=1S/C35H34F3NO3.C4H9NO2/c1-5-6-31(26-9-7-25(21-40)8-10-26)33(28-13-17-30(18-14-28)42-35(36,37)38)34(41)39-29-15-11-27(12-16-29)32-23(3)19-22(2)20-24(32)4;1-5-3-2-4(6)7/h7-21,31,33H,5-6H2,1-4H3,(H,39,41);5H,2-3H2,1H3,(H,6,7)/t31-,33+;/m0./s1. The molecule has 4 aromatic rings. The van der Waals surface area contributed by atoms with Crippen molar-refractivity contribution in [1.82, 2.24) is 5.32 Å². The number of aldehydes is 1. The molecule has 2 atom stereocenters. The van der Waals surface area contributed by atoms with E-state index in [0.29, 0.717) is 29.8 Å². The minimum atomic E-state index is -4.81. The van der Waals surface area contributed by atoms with Gasteiger partial charge in [-0.3, -0.25) is 14.4 Å². The first-order valence-corrected chi connectivity index (χ1v) is 16.0. The lowest BCUT2D eigenvalue weighted by Crippen LogP contribution is -2.27. The number of carbonyl (C=O) groups excluding carboxylic acids is 2. The van der Waals surface area contributed by atoms with E-state index in [-0.39, 0.29) is 24.0 Å². The van der Waals surface area contributed by atoms with Crippen molar-refractivity contribution in [1.29, 1.82) is 0 Å². The second kappa shape index (κ2) is 18.0. The largest absolute Gasteiger partial charge is 0.573 e. The fourth-order valence-corrected chi connectivity index (χ4v) is 5.91. The Bertz CT molecular complexity index is 1660. The second-order valence-electron chi connectivity index (χ2n) is 11.9. The predicted octanol–water partition coefficient (Wildman–Crippen LogP) is 8.98. The van der Waals surface area contributed by atoms with E-state index in [1.54, 1.807) is 19.2 Å². The van der Waals surface area contributed by atoms with Crippen LogP contribution in [0.3, 0.4) is 0 Å². The number of carboxylic acid groups (broad SMARTS) is 1. The van der Waals surface area contributed by atoms with E-state index in [2.05, 4.69) is 48.3 Å². The lowest BCUT2D eigenvalue weighted by molar-refractivity contribution is -0.274. The van der Waals surface area contributed by atoms with Crippen molar-refractivity contribution in [3.8, 4) is 16.9 Å². The zero-order chi connectivity index (χ0) is 36.1. The van der Waals surface area contributed by atoms with Gasteiger partial charge in [-0.15, -0.1) is 13.2 Å². The predicted molar refractivity (Wildman–Crippen MR) is 186 cm³/mol. The number of halogens is 3. The Morgan fingerprint density at radius 2 is 1.45 bits per heavy atom. The van der Waals surface area contributed by atoms with E-state index in [0.717, 1.165) is 29.4 Å². The van der Waals surface area contributed by atoms with E-state index in [9.17, 15) is 27.6 Å². The molecule has 0 unspecified atom stereocenters. The van der Waals surface area contributed by atoms with Gasteiger partial charge in [0.2, 0.25) is 5.91 Å². The van der Waals surface area contributed by atoms with Crippen LogP contribution in [0.2, 0.25) is 0 Å². The highest BCUT2D eigenvalue weighted by Crippen LogP contribution is 2.39. The molecule has 0 saturated heterocycles. The van der Waals surface area contributed by atoms with Gasteiger partial charge in [0.25, 0.3) is 0 Å². The number of aryl methyl sites for hydroxylation is 3. The molecule has 0 aromatic heterocycles. The Morgan fingerprint density at radius 3 is 1.92 bits per heavy atom. The van der Waals surface area contributed by atoms with Gasteiger partial charge in [-0.1, -0.05) is 79.6 Å². The Labute approximate surface area is 285 Å². The Morgan fingerprint density at radius 1 is 0.878 bits per heavy atom. The minimum absolute atomic E-state index is 0.205. The summed E-state index contributed by atoms with van der Waals surface area (Å²) in [6.45, 7) is 8.79. The molecule has 3 N–H and O–H groups in total. The van der Waals surface area contributed by atoms with Gasteiger partial charge in [0.1, 0.15) is 12.0 Å². The number of nitrogens with one attached hydrogen (secondary N) is 2. The highest BCUT2D eigenvalue weighted by Gasteiger charge is 2.33. The van der Waals surface area contributed by atoms with Gasteiger partial charge in [-0.2, -0.15) is 0 Å². The van der Waals surface area contributed by atoms with Crippen molar-refractivity contribution in [3.63, 3.8) is 0 Å². The third-order valence-electron chi connectivity index (χ3n) is 7.97. The van der Waals surface area contributed by atoms with Gasteiger partial charge in [0, 0.05) is 17.8 Å². The molecule has 0 spiro atoms. The molecule has 10 heteroatoms. The maximum atomic E-state index is 14.0. The lowest BCUT2D eigenvalue weighted by atomic mass is 9.78. The van der Waals surface area contributed by atoms with E-state index in [1.807, 2.05) is 43.3 Å². The normalized spacial score (nSPS) is 12.2. The molecule has 0 bridgehead atoms. The Balaban J connectivity index is 0.000000838. The van der Waals surface area contributed by atoms with Gasteiger partial charge >= 0.3 is 12.3 Å². The molecule has 0 aliphatic carbocycles. The summed E-state index contributed by atoms with van der Waals surface area (Å²) in [6, 6.07) is 24.5. The number of rotatable bonds is 13. The third-order valence-corrected chi connectivity index (χ3v) is 7.97. The van der Waals surface area contributed by atoms with Gasteiger partial charge < -0.3 is 20.5 Å². The molecule has 0 heterocycles. The van der Waals surface area contributed by atoms with Crippen molar-refractivity contribution in [2.75, 3.05) is 18.9 Å². The molecule has 0 radical (unpaired) electrons. The maximum absolute atomic E-state index is 14.0. The fraction of sp³-hybridized carbons (Fsp3) is 0.308. The number of anilines is 1. The molecule has 4 rings (SSSR count). The summed E-state index contributed by atoms with van der Waals surface area (Å²) in [5.74, 6) is -2.40. The summed E-state index contributed by atoms with van der Waals surface area (Å²) in [4.78, 5) is 34.9. The molecule has 0 aliphatic rings. The van der Waals surface area contributed by atoms with Crippen LogP contribution in [-0.4, -0.2) is 43.2 Å². The molecule has 0 aliphatic heterocycles. The van der Waals surface area contributed by atoms with Crippen molar-refractivity contribution >= 4 is 23.9 Å². The SMILES string of the molecule is CCC[C@@H](c1ccc(C=O)cc1)[C@H](C(=O)Nc1ccc(-c2c(C)cc(C)cc2C)cc1)c1ccc(OC(F)(F)F)cc1.CNCCC(=O)O. The smallest absolute Gasteiger partial charge is 0.481 e. The summed E-state index contributed by atoms with van der Waals surface area (Å²) in [5, 5.41) is 13.8. The first-order chi connectivity index (χ1) is 23.3. The van der Waals surface area contributed by atoms with Crippen molar-refractivity contribution in [3.05, 3.63) is 118 Å². The topological polar surface area (TPSA) is 105 Å². The van der Waals surface area contributed by atoms with Gasteiger partial charge in [0.15, 0.2) is 0 Å². The highest BCUT2D eigenvalue weighted by atomic mass is 19.4. The monoisotopic (exact) mass is 676 g/mol. The van der Waals surface area contributed by atoms with E-state index < -0.39 is 18.2 Å². The summed E-state index contributed by atoms with van der Waals surface area (Å²) >= 11 is 0. The van der Waals surface area contributed by atoms with Crippen LogP contribution in [0.5, 0.6) is 5.75 Å². The molecular formula is C39H43F3N2O5. The Kier molecular flexibility index (Phi) is 14.1. The quantitative estimate of drug-likeness (QED) is 0.122. The average molecular weight is 677 g/mol. The summed E-state index contributed by atoms with van der Waals surface area (Å²) in [5.41, 5.74) is 8.28. The van der Waals surface area contributed by atoms with Crippen molar-refractivity contribution < 1.29 is 37.4 Å². The van der Waals surface area contributed by atoms with Crippen LogP contribution in [0.1, 0.15) is 76.2 Å². The minimum Gasteiger partial charge on any atom is -0.481 e. The number of benzene rings is 4. The van der Waals surface area contributed by atoms with Crippen molar-refractivity contribution in [2.45, 2.75) is 65.2 Å². The average Bonchev–Trinajstić information content (AvgIpc) is 3.04. The van der Waals surface area contributed by atoms with Crippen LogP contribution in [-0.2, 0) is 9.59 Å². The van der Waals surface area contributed by atoms with E-state index in [4.69, 9.17) is 5.11 Å². The van der Waals surface area contributed by atoms with E-state index >= 15 is 0 Å². The van der Waals surface area contributed by atoms with Crippen LogP contribution in [0.15, 0.2) is 84.9 Å². The number of hydrogen-bond donors (Lipinski definition) is 3. The third kappa shape index (κ3) is 11.6. The zero-order valence-electron chi connectivity index (χ0n) is 28.4. The van der Waals surface area contributed by atoms with Crippen molar-refractivity contribution in [2.24, 2.45) is 0 Å². The number of ether oxygens (including phenoxy) is 1. The summed E-state index contributed by atoms with van der Waals surface area (Å²) in [7, 11) is 1.73. The van der Waals surface area contributed by atoms with Gasteiger partial charge in [0.05, 0.1) is 12.3 Å². The van der Waals surface area contributed by atoms with Crippen LogP contribution in [0, 0.1) is 20.8 Å². The van der Waals surface area contributed by atoms with Crippen LogP contribution in [0.4, 0.5) is 18.9 Å². The van der Waals surface area contributed by atoms with Crippen LogP contribution < -0.4 is 15.4 Å². The highest BCUT2D eigenvalue weighted by molar-refractivity contribution is 5.97. The number of aliphatic carboxylic acids is 1. The molecule has 7 nitrogen and oxygen atoms in total. The maximum Gasteiger partial charge on any atom is 0.573 e. The number of amides is 1. The van der Waals surface area contributed by atoms with Crippen LogP contribution in [0.25, 0.3) is 11.1 Å². The summed E-state index contributed by atoms with van der Waals surface area (Å²) in [6.07, 6.45) is -2.44. The van der Waals surface area contributed by atoms with Gasteiger partial charge in [-0.25, -0.2) is 0 Å². The molecule has 0 saturated carbocycles. The fourth-order valence-electron chi connectivity index (χ4n) is 5.91. The molecule has 1 amide bonds. The van der Waals surface area contributed by atoms with Gasteiger partial charge in [-0.05, 0) is 97.8 Å². The first-order valence-electron chi connectivity index (χ1n) is 16.0. The van der Waals surface area contributed by atoms with Crippen LogP contribution >= 0.6 is 0 Å².